The van der Waals surface area contributed by atoms with Gasteiger partial charge >= 0.3 is 0 Å². The molecule has 0 unspecified atom stereocenters. The monoisotopic (exact) mass is 558 g/mol. The Balaban J connectivity index is 1.18. The van der Waals surface area contributed by atoms with Crippen LogP contribution < -0.4 is 10.1 Å². The van der Waals surface area contributed by atoms with Gasteiger partial charge in [-0.25, -0.2) is 19.0 Å². The SMILES string of the molecule is CN1CCN(Cc2cn(-c3ccc4ncnc(Nc5ccc(OCc6cccc(F)c6)c(Cl)c5)c4c3)nn2)CC1. The van der Waals surface area contributed by atoms with Gasteiger partial charge in [0.15, 0.2) is 0 Å². The third kappa shape index (κ3) is 6.04. The molecule has 0 radical (unpaired) electrons. The van der Waals surface area contributed by atoms with E-state index in [0.29, 0.717) is 16.6 Å². The minimum Gasteiger partial charge on any atom is -0.487 e. The number of fused-ring (bicyclic) bond motifs is 1. The van der Waals surface area contributed by atoms with Crippen molar-refractivity contribution < 1.29 is 9.13 Å². The number of rotatable bonds is 8. The summed E-state index contributed by atoms with van der Waals surface area (Å²) in [6.45, 7) is 5.16. The quantitative estimate of drug-likeness (QED) is 0.282. The van der Waals surface area contributed by atoms with Crippen molar-refractivity contribution in [2.45, 2.75) is 13.2 Å². The maximum absolute atomic E-state index is 13.5. The van der Waals surface area contributed by atoms with E-state index in [-0.39, 0.29) is 12.4 Å². The lowest BCUT2D eigenvalue weighted by molar-refractivity contribution is 0.147. The zero-order valence-electron chi connectivity index (χ0n) is 22.0. The highest BCUT2D eigenvalue weighted by Gasteiger charge is 2.16. The molecule has 0 bridgehead atoms. The number of likely N-dealkylation sites (N-methyl/N-ethyl adjacent to an activating group) is 1. The zero-order valence-corrected chi connectivity index (χ0v) is 22.7. The van der Waals surface area contributed by atoms with E-state index in [1.54, 1.807) is 28.9 Å². The third-order valence-corrected chi connectivity index (χ3v) is 7.18. The molecule has 0 amide bonds. The van der Waals surface area contributed by atoms with Crippen LogP contribution in [-0.4, -0.2) is 68.0 Å². The van der Waals surface area contributed by atoms with Gasteiger partial charge in [0.05, 0.1) is 28.1 Å². The van der Waals surface area contributed by atoms with Crippen LogP contribution in [0.2, 0.25) is 5.02 Å². The van der Waals surface area contributed by atoms with Gasteiger partial charge < -0.3 is 15.0 Å². The molecule has 0 aliphatic carbocycles. The Morgan fingerprint density at radius 1 is 1.00 bits per heavy atom. The van der Waals surface area contributed by atoms with Crippen molar-refractivity contribution in [2.24, 2.45) is 0 Å². The van der Waals surface area contributed by atoms with E-state index >= 15 is 0 Å². The van der Waals surface area contributed by atoms with Crippen LogP contribution in [-0.2, 0) is 13.2 Å². The first kappa shape index (κ1) is 26.1. The van der Waals surface area contributed by atoms with Crippen molar-refractivity contribution in [1.82, 2.24) is 34.8 Å². The Kier molecular flexibility index (Phi) is 7.54. The first-order valence-electron chi connectivity index (χ1n) is 13.0. The molecule has 6 rings (SSSR count). The number of nitrogens with zero attached hydrogens (tertiary/aromatic N) is 7. The molecule has 2 aromatic heterocycles. The summed E-state index contributed by atoms with van der Waals surface area (Å²) in [4.78, 5) is 13.6. The van der Waals surface area contributed by atoms with Crippen molar-refractivity contribution >= 4 is 34.0 Å². The Morgan fingerprint density at radius 2 is 1.88 bits per heavy atom. The number of halogens is 2. The second-order valence-corrected chi connectivity index (χ2v) is 10.3. The Labute approximate surface area is 236 Å². The summed E-state index contributed by atoms with van der Waals surface area (Å²) in [7, 11) is 2.15. The predicted molar refractivity (Wildman–Crippen MR) is 153 cm³/mol. The van der Waals surface area contributed by atoms with Crippen LogP contribution >= 0.6 is 11.6 Å². The number of ether oxygens (including phenoxy) is 1. The molecule has 11 heteroatoms. The van der Waals surface area contributed by atoms with Crippen molar-refractivity contribution in [3.63, 3.8) is 0 Å². The van der Waals surface area contributed by atoms with E-state index in [4.69, 9.17) is 16.3 Å². The summed E-state index contributed by atoms with van der Waals surface area (Å²) in [5.41, 5.74) is 4.05. The van der Waals surface area contributed by atoms with Gasteiger partial charge in [-0.2, -0.15) is 0 Å². The molecular weight excluding hydrogens is 531 g/mol. The number of nitrogens with one attached hydrogen (secondary N) is 1. The van der Waals surface area contributed by atoms with Gasteiger partial charge in [0.2, 0.25) is 0 Å². The van der Waals surface area contributed by atoms with E-state index in [1.165, 1.54) is 18.5 Å². The molecule has 1 aliphatic rings. The molecule has 40 heavy (non-hydrogen) atoms. The summed E-state index contributed by atoms with van der Waals surface area (Å²) in [5.74, 6) is 0.834. The minimum atomic E-state index is -0.304. The molecule has 0 spiro atoms. The Bertz CT molecular complexity index is 1640. The summed E-state index contributed by atoms with van der Waals surface area (Å²) in [6.07, 6.45) is 3.49. The maximum Gasteiger partial charge on any atom is 0.141 e. The number of anilines is 2. The third-order valence-electron chi connectivity index (χ3n) is 6.88. The number of piperazine rings is 1. The molecule has 0 atom stereocenters. The molecule has 3 aromatic carbocycles. The largest absolute Gasteiger partial charge is 0.487 e. The molecule has 1 aliphatic heterocycles. The van der Waals surface area contributed by atoms with Crippen LogP contribution in [0.1, 0.15) is 11.3 Å². The number of hydrogen-bond acceptors (Lipinski definition) is 8. The molecule has 9 nitrogen and oxygen atoms in total. The fourth-order valence-electron chi connectivity index (χ4n) is 4.64. The molecule has 204 valence electrons. The van der Waals surface area contributed by atoms with E-state index in [9.17, 15) is 4.39 Å². The molecular formula is C29H28ClFN8O. The number of aromatic nitrogens is 5. The van der Waals surface area contributed by atoms with Crippen LogP contribution in [0.15, 0.2) is 73.2 Å². The van der Waals surface area contributed by atoms with E-state index in [2.05, 4.69) is 42.4 Å². The van der Waals surface area contributed by atoms with Crippen molar-refractivity contribution in [3.8, 4) is 11.4 Å². The molecule has 1 saturated heterocycles. The van der Waals surface area contributed by atoms with E-state index in [0.717, 1.165) is 66.3 Å². The predicted octanol–water partition coefficient (Wildman–Crippen LogP) is 5.07. The molecule has 0 saturated carbocycles. The van der Waals surface area contributed by atoms with E-state index in [1.807, 2.05) is 30.5 Å². The number of hydrogen-bond donors (Lipinski definition) is 1. The van der Waals surface area contributed by atoms with Crippen LogP contribution in [0.25, 0.3) is 16.6 Å². The standard InChI is InChI=1S/C29H28ClFN8O/c1-37-9-11-38(12-10-37)16-23-17-39(36-35-23)24-6-7-27-25(15-24)29(33-19-32-27)34-22-5-8-28(26(30)14-22)40-18-20-3-2-4-21(31)13-20/h2-8,13-15,17,19H,9-12,16,18H2,1H3,(H,32,33,34). The number of benzene rings is 3. The molecule has 5 aromatic rings. The maximum atomic E-state index is 13.5. The lowest BCUT2D eigenvalue weighted by Gasteiger charge is -2.31. The highest BCUT2D eigenvalue weighted by atomic mass is 35.5. The van der Waals surface area contributed by atoms with Gasteiger partial charge in [-0.05, 0) is 61.1 Å². The molecule has 1 fully saturated rings. The highest BCUT2D eigenvalue weighted by Crippen LogP contribution is 2.31. The minimum absolute atomic E-state index is 0.211. The molecule has 3 heterocycles. The molecule has 1 N–H and O–H groups in total. The van der Waals surface area contributed by atoms with Crippen LogP contribution in [0.3, 0.4) is 0 Å². The average Bonchev–Trinajstić information content (AvgIpc) is 3.42. The van der Waals surface area contributed by atoms with Gasteiger partial charge in [-0.3, -0.25) is 4.90 Å². The smallest absolute Gasteiger partial charge is 0.141 e. The first-order valence-corrected chi connectivity index (χ1v) is 13.4. The van der Waals surface area contributed by atoms with Gasteiger partial charge in [-0.15, -0.1) is 5.10 Å². The van der Waals surface area contributed by atoms with Gasteiger partial charge in [-0.1, -0.05) is 28.9 Å². The Morgan fingerprint density at radius 3 is 2.70 bits per heavy atom. The van der Waals surface area contributed by atoms with E-state index < -0.39 is 0 Å². The fraction of sp³-hybridized carbons (Fsp3) is 0.241. The van der Waals surface area contributed by atoms with Crippen molar-refractivity contribution in [3.05, 3.63) is 95.3 Å². The second-order valence-electron chi connectivity index (χ2n) is 9.85. The zero-order chi connectivity index (χ0) is 27.5. The first-order chi connectivity index (χ1) is 19.5. The lowest BCUT2D eigenvalue weighted by Crippen LogP contribution is -2.43. The van der Waals surface area contributed by atoms with Gasteiger partial charge in [0, 0.05) is 43.8 Å². The van der Waals surface area contributed by atoms with Crippen molar-refractivity contribution in [2.75, 3.05) is 38.5 Å². The lowest BCUT2D eigenvalue weighted by atomic mass is 10.2. The van der Waals surface area contributed by atoms with Gasteiger partial charge in [0.25, 0.3) is 0 Å². The topological polar surface area (TPSA) is 84.2 Å². The van der Waals surface area contributed by atoms with Crippen LogP contribution in [0.4, 0.5) is 15.9 Å². The normalized spacial score (nSPS) is 14.5. The Hall–Kier alpha value is -4.12. The van der Waals surface area contributed by atoms with Crippen LogP contribution in [0.5, 0.6) is 5.75 Å². The average molecular weight is 559 g/mol. The fourth-order valence-corrected chi connectivity index (χ4v) is 4.87. The second kappa shape index (κ2) is 11.5. The summed E-state index contributed by atoms with van der Waals surface area (Å²) < 4.78 is 21.0. The van der Waals surface area contributed by atoms with Gasteiger partial charge in [0.1, 0.15) is 30.3 Å². The summed E-state index contributed by atoms with van der Waals surface area (Å²) in [5, 5.41) is 13.4. The van der Waals surface area contributed by atoms with Crippen LogP contribution in [0, 0.1) is 5.82 Å². The van der Waals surface area contributed by atoms with Crippen molar-refractivity contribution in [1.29, 1.82) is 0 Å². The highest BCUT2D eigenvalue weighted by molar-refractivity contribution is 6.32. The summed E-state index contributed by atoms with van der Waals surface area (Å²) in [6, 6.07) is 17.6. The summed E-state index contributed by atoms with van der Waals surface area (Å²) >= 11 is 6.50.